The van der Waals surface area contributed by atoms with E-state index in [0.29, 0.717) is 30.2 Å². The van der Waals surface area contributed by atoms with E-state index in [-0.39, 0.29) is 30.0 Å². The summed E-state index contributed by atoms with van der Waals surface area (Å²) >= 11 is 5.82. The second kappa shape index (κ2) is 7.66. The Kier molecular flexibility index (Phi) is 5.34. The molecule has 2 amide bonds. The standard InChI is InChI=1S/C19H18ClFN2O2/c20-15-3-7-17(8-4-15)22-19(25)14-11-18(24)23(12-14)10-9-13-1-5-16(21)6-2-13/h1-8,14H,9-12H2,(H,22,25)/t14-/m1/s1. The average molecular weight is 361 g/mol. The fourth-order valence-corrected chi connectivity index (χ4v) is 2.98. The summed E-state index contributed by atoms with van der Waals surface area (Å²) in [6, 6.07) is 13.1. The Bertz CT molecular complexity index is 762. The molecular weight excluding hydrogens is 343 g/mol. The Labute approximate surface area is 150 Å². The van der Waals surface area contributed by atoms with Crippen LogP contribution in [0.25, 0.3) is 0 Å². The van der Waals surface area contributed by atoms with Gasteiger partial charge in [-0.3, -0.25) is 9.59 Å². The highest BCUT2D eigenvalue weighted by Crippen LogP contribution is 2.21. The Hall–Kier alpha value is -2.40. The molecule has 2 aromatic carbocycles. The molecule has 3 rings (SSSR count). The average Bonchev–Trinajstić information content (AvgIpc) is 2.97. The normalized spacial score (nSPS) is 17.0. The highest BCUT2D eigenvalue weighted by atomic mass is 35.5. The molecule has 1 aliphatic heterocycles. The number of rotatable bonds is 5. The van der Waals surface area contributed by atoms with Crippen molar-refractivity contribution >= 4 is 29.1 Å². The molecule has 1 heterocycles. The number of nitrogens with zero attached hydrogens (tertiary/aromatic N) is 1. The van der Waals surface area contributed by atoms with Gasteiger partial charge in [-0.25, -0.2) is 4.39 Å². The maximum atomic E-state index is 12.9. The lowest BCUT2D eigenvalue weighted by atomic mass is 10.1. The third kappa shape index (κ3) is 4.57. The Morgan fingerprint density at radius 2 is 1.84 bits per heavy atom. The van der Waals surface area contributed by atoms with E-state index < -0.39 is 0 Å². The van der Waals surface area contributed by atoms with E-state index in [1.807, 2.05) is 0 Å². The van der Waals surface area contributed by atoms with Crippen LogP contribution >= 0.6 is 11.6 Å². The number of anilines is 1. The molecule has 1 atom stereocenters. The zero-order chi connectivity index (χ0) is 17.8. The third-order valence-electron chi connectivity index (χ3n) is 4.28. The van der Waals surface area contributed by atoms with Crippen LogP contribution in [0.1, 0.15) is 12.0 Å². The van der Waals surface area contributed by atoms with Crippen LogP contribution in [0.2, 0.25) is 5.02 Å². The molecule has 1 fully saturated rings. The summed E-state index contributed by atoms with van der Waals surface area (Å²) < 4.78 is 12.9. The van der Waals surface area contributed by atoms with Crippen molar-refractivity contribution < 1.29 is 14.0 Å². The van der Waals surface area contributed by atoms with Gasteiger partial charge in [0.2, 0.25) is 11.8 Å². The minimum Gasteiger partial charge on any atom is -0.342 e. The molecule has 130 valence electrons. The van der Waals surface area contributed by atoms with Crippen LogP contribution in [-0.2, 0) is 16.0 Å². The van der Waals surface area contributed by atoms with Gasteiger partial charge in [-0.2, -0.15) is 0 Å². The molecule has 1 saturated heterocycles. The molecule has 0 unspecified atom stereocenters. The van der Waals surface area contributed by atoms with Gasteiger partial charge in [0.1, 0.15) is 5.82 Å². The summed E-state index contributed by atoms with van der Waals surface area (Å²) in [7, 11) is 0. The highest BCUT2D eigenvalue weighted by Gasteiger charge is 2.33. The first-order valence-electron chi connectivity index (χ1n) is 8.10. The van der Waals surface area contributed by atoms with Crippen LogP contribution in [0.4, 0.5) is 10.1 Å². The van der Waals surface area contributed by atoms with Crippen molar-refractivity contribution in [1.82, 2.24) is 4.90 Å². The molecule has 1 aliphatic rings. The molecular formula is C19H18ClFN2O2. The van der Waals surface area contributed by atoms with Crippen molar-refractivity contribution in [2.45, 2.75) is 12.8 Å². The topological polar surface area (TPSA) is 49.4 Å². The number of benzene rings is 2. The predicted octanol–water partition coefficient (Wildman–Crippen LogP) is 3.51. The number of hydrogen-bond acceptors (Lipinski definition) is 2. The van der Waals surface area contributed by atoms with Gasteiger partial charge < -0.3 is 10.2 Å². The molecule has 6 heteroatoms. The second-order valence-electron chi connectivity index (χ2n) is 6.11. The van der Waals surface area contributed by atoms with Crippen molar-refractivity contribution in [1.29, 1.82) is 0 Å². The summed E-state index contributed by atoms with van der Waals surface area (Å²) in [5.41, 5.74) is 1.62. The molecule has 0 bridgehead atoms. The van der Waals surface area contributed by atoms with Crippen molar-refractivity contribution in [2.24, 2.45) is 5.92 Å². The van der Waals surface area contributed by atoms with Crippen molar-refractivity contribution in [3.8, 4) is 0 Å². The molecule has 0 aromatic heterocycles. The number of hydrogen-bond donors (Lipinski definition) is 1. The van der Waals surface area contributed by atoms with E-state index in [0.717, 1.165) is 5.56 Å². The van der Waals surface area contributed by atoms with Gasteiger partial charge in [-0.05, 0) is 48.4 Å². The van der Waals surface area contributed by atoms with Crippen LogP contribution in [0, 0.1) is 11.7 Å². The van der Waals surface area contributed by atoms with E-state index >= 15 is 0 Å². The number of amides is 2. The third-order valence-corrected chi connectivity index (χ3v) is 4.53. The zero-order valence-electron chi connectivity index (χ0n) is 13.5. The van der Waals surface area contributed by atoms with Gasteiger partial charge >= 0.3 is 0 Å². The Morgan fingerprint density at radius 3 is 2.52 bits per heavy atom. The van der Waals surface area contributed by atoms with E-state index in [2.05, 4.69) is 5.32 Å². The maximum absolute atomic E-state index is 12.9. The van der Waals surface area contributed by atoms with E-state index in [4.69, 9.17) is 11.6 Å². The maximum Gasteiger partial charge on any atom is 0.229 e. The van der Waals surface area contributed by atoms with E-state index in [1.54, 1.807) is 41.3 Å². The number of carbonyl (C=O) groups excluding carboxylic acids is 2. The van der Waals surface area contributed by atoms with Crippen LogP contribution in [0.5, 0.6) is 0 Å². The van der Waals surface area contributed by atoms with Gasteiger partial charge in [0.05, 0.1) is 5.92 Å². The van der Waals surface area contributed by atoms with Crippen molar-refractivity contribution in [3.05, 3.63) is 64.9 Å². The number of carbonyl (C=O) groups is 2. The summed E-state index contributed by atoms with van der Waals surface area (Å²) in [6.07, 6.45) is 0.848. The minimum atomic E-state index is -0.364. The molecule has 0 spiro atoms. The van der Waals surface area contributed by atoms with Crippen molar-refractivity contribution in [2.75, 3.05) is 18.4 Å². The molecule has 25 heavy (non-hydrogen) atoms. The zero-order valence-corrected chi connectivity index (χ0v) is 14.3. The lowest BCUT2D eigenvalue weighted by Crippen LogP contribution is -2.30. The highest BCUT2D eigenvalue weighted by molar-refractivity contribution is 6.30. The Balaban J connectivity index is 1.53. The lowest BCUT2D eigenvalue weighted by molar-refractivity contribution is -0.128. The summed E-state index contributed by atoms with van der Waals surface area (Å²) in [6.45, 7) is 0.925. The minimum absolute atomic E-state index is 0.0293. The quantitative estimate of drug-likeness (QED) is 0.887. The second-order valence-corrected chi connectivity index (χ2v) is 6.55. The Morgan fingerprint density at radius 1 is 1.16 bits per heavy atom. The van der Waals surface area contributed by atoms with Crippen LogP contribution in [-0.4, -0.2) is 29.8 Å². The molecule has 2 aromatic rings. The molecule has 0 saturated carbocycles. The molecule has 0 radical (unpaired) electrons. The fourth-order valence-electron chi connectivity index (χ4n) is 2.86. The summed E-state index contributed by atoms with van der Waals surface area (Å²) in [5, 5.41) is 3.41. The largest absolute Gasteiger partial charge is 0.342 e. The predicted molar refractivity (Wildman–Crippen MR) is 94.9 cm³/mol. The van der Waals surface area contributed by atoms with Crippen LogP contribution < -0.4 is 5.32 Å². The number of nitrogens with one attached hydrogen (secondary N) is 1. The van der Waals surface area contributed by atoms with Gasteiger partial charge in [-0.15, -0.1) is 0 Å². The molecule has 0 aliphatic carbocycles. The smallest absolute Gasteiger partial charge is 0.229 e. The summed E-state index contributed by atoms with van der Waals surface area (Å²) in [5.74, 6) is -0.838. The van der Waals surface area contributed by atoms with Crippen LogP contribution in [0.3, 0.4) is 0 Å². The first-order chi connectivity index (χ1) is 12.0. The van der Waals surface area contributed by atoms with Crippen LogP contribution in [0.15, 0.2) is 48.5 Å². The number of halogens is 2. The lowest BCUT2D eigenvalue weighted by Gasteiger charge is -2.16. The van der Waals surface area contributed by atoms with Gasteiger partial charge in [0.25, 0.3) is 0 Å². The fraction of sp³-hybridized carbons (Fsp3) is 0.263. The van der Waals surface area contributed by atoms with E-state index in [9.17, 15) is 14.0 Å². The van der Waals surface area contributed by atoms with E-state index in [1.165, 1.54) is 12.1 Å². The first kappa shape index (κ1) is 17.4. The van der Waals surface area contributed by atoms with Gasteiger partial charge in [-0.1, -0.05) is 23.7 Å². The monoisotopic (exact) mass is 360 g/mol. The van der Waals surface area contributed by atoms with Gasteiger partial charge in [0, 0.05) is 30.2 Å². The summed E-state index contributed by atoms with van der Waals surface area (Å²) in [4.78, 5) is 26.2. The number of likely N-dealkylation sites (tertiary alicyclic amines) is 1. The molecule has 4 nitrogen and oxygen atoms in total. The van der Waals surface area contributed by atoms with Crippen molar-refractivity contribution in [3.63, 3.8) is 0 Å². The first-order valence-corrected chi connectivity index (χ1v) is 8.48. The van der Waals surface area contributed by atoms with Gasteiger partial charge in [0.15, 0.2) is 0 Å². The SMILES string of the molecule is O=C(Nc1ccc(Cl)cc1)[C@@H]1CC(=O)N(CCc2ccc(F)cc2)C1. The molecule has 1 N–H and O–H groups in total.